The summed E-state index contributed by atoms with van der Waals surface area (Å²) in [6.07, 6.45) is 4.48. The molecule has 86 valence electrons. The van der Waals surface area contributed by atoms with Crippen molar-refractivity contribution in [1.29, 1.82) is 0 Å². The van der Waals surface area contributed by atoms with Crippen LogP contribution in [0.2, 0.25) is 0 Å². The van der Waals surface area contributed by atoms with Crippen LogP contribution >= 0.6 is 0 Å². The van der Waals surface area contributed by atoms with Crippen molar-refractivity contribution in [1.82, 2.24) is 4.90 Å². The minimum atomic E-state index is -0.358. The first kappa shape index (κ1) is 13.9. The zero-order valence-electron chi connectivity index (χ0n) is 9.71. The van der Waals surface area contributed by atoms with Crippen LogP contribution in [0.15, 0.2) is 0 Å². The molecule has 0 heterocycles. The lowest BCUT2D eigenvalue weighted by Crippen LogP contribution is -2.37. The fourth-order valence-corrected chi connectivity index (χ4v) is 1.43. The molecule has 0 saturated heterocycles. The monoisotopic (exact) mass is 202 g/mol. The molecule has 0 spiro atoms. The van der Waals surface area contributed by atoms with E-state index in [0.29, 0.717) is 6.54 Å². The van der Waals surface area contributed by atoms with E-state index >= 15 is 0 Å². The van der Waals surface area contributed by atoms with Gasteiger partial charge in [-0.3, -0.25) is 0 Å². The molecule has 0 aliphatic rings. The number of aliphatic hydroxyl groups is 1. The molecule has 0 amide bonds. The van der Waals surface area contributed by atoms with E-state index in [1.807, 2.05) is 0 Å². The van der Waals surface area contributed by atoms with Gasteiger partial charge in [-0.05, 0) is 25.9 Å². The zero-order chi connectivity index (χ0) is 10.8. The Hall–Kier alpha value is -0.120. The van der Waals surface area contributed by atoms with Gasteiger partial charge in [0.1, 0.15) is 0 Å². The largest absolute Gasteiger partial charge is 0.390 e. The Kier molecular flexibility index (Phi) is 9.35. The highest BCUT2D eigenvalue weighted by Crippen LogP contribution is 2.00. The van der Waals surface area contributed by atoms with Crippen LogP contribution in [0.25, 0.3) is 0 Å². The minimum absolute atomic E-state index is 0.358. The lowest BCUT2D eigenvalue weighted by molar-refractivity contribution is 0.116. The summed E-state index contributed by atoms with van der Waals surface area (Å²) < 4.78 is 0. The molecule has 0 aliphatic heterocycles. The Balaban J connectivity index is 3.71. The maximum atomic E-state index is 9.46. The molecule has 0 radical (unpaired) electrons. The van der Waals surface area contributed by atoms with Crippen LogP contribution in [0.5, 0.6) is 0 Å². The Labute approximate surface area is 88.3 Å². The molecule has 3 nitrogen and oxygen atoms in total. The molecule has 0 aliphatic carbocycles. The van der Waals surface area contributed by atoms with E-state index in [9.17, 15) is 5.11 Å². The molecule has 1 atom stereocenters. The van der Waals surface area contributed by atoms with Gasteiger partial charge in [-0.25, -0.2) is 0 Å². The lowest BCUT2D eigenvalue weighted by atomic mass is 10.2. The number of aliphatic hydroxyl groups excluding tert-OH is 1. The smallest absolute Gasteiger partial charge is 0.0789 e. The van der Waals surface area contributed by atoms with Crippen molar-refractivity contribution in [3.8, 4) is 0 Å². The van der Waals surface area contributed by atoms with Crippen molar-refractivity contribution in [3.05, 3.63) is 0 Å². The van der Waals surface area contributed by atoms with Crippen molar-refractivity contribution in [2.24, 2.45) is 5.73 Å². The predicted octanol–water partition coefficient (Wildman–Crippen LogP) is 1.21. The first-order chi connectivity index (χ1) is 6.74. The van der Waals surface area contributed by atoms with Crippen molar-refractivity contribution >= 4 is 0 Å². The van der Waals surface area contributed by atoms with Crippen LogP contribution in [0.3, 0.4) is 0 Å². The van der Waals surface area contributed by atoms with Gasteiger partial charge in [-0.15, -0.1) is 0 Å². The molecule has 0 aromatic carbocycles. The highest BCUT2D eigenvalue weighted by Gasteiger charge is 2.08. The van der Waals surface area contributed by atoms with Crippen LogP contribution in [-0.2, 0) is 0 Å². The van der Waals surface area contributed by atoms with Gasteiger partial charge in [0.2, 0.25) is 0 Å². The Bertz CT molecular complexity index is 112. The summed E-state index contributed by atoms with van der Waals surface area (Å²) >= 11 is 0. The second kappa shape index (κ2) is 9.44. The van der Waals surface area contributed by atoms with Gasteiger partial charge >= 0.3 is 0 Å². The summed E-state index contributed by atoms with van der Waals surface area (Å²) in [7, 11) is 0. The minimum Gasteiger partial charge on any atom is -0.390 e. The summed E-state index contributed by atoms with van der Waals surface area (Å²) in [6.45, 7) is 7.67. The molecule has 0 bridgehead atoms. The number of rotatable bonds is 9. The summed E-state index contributed by atoms with van der Waals surface area (Å²) in [5, 5.41) is 9.46. The van der Waals surface area contributed by atoms with E-state index in [0.717, 1.165) is 19.6 Å². The van der Waals surface area contributed by atoms with Gasteiger partial charge in [0.15, 0.2) is 0 Å². The predicted molar refractivity (Wildman–Crippen MR) is 61.3 cm³/mol. The van der Waals surface area contributed by atoms with Crippen LogP contribution in [-0.4, -0.2) is 42.3 Å². The molecule has 0 saturated carbocycles. The summed E-state index contributed by atoms with van der Waals surface area (Å²) in [5.74, 6) is 0. The maximum absolute atomic E-state index is 9.46. The molecular weight excluding hydrogens is 176 g/mol. The average molecular weight is 202 g/mol. The molecule has 1 unspecified atom stereocenters. The van der Waals surface area contributed by atoms with E-state index in [4.69, 9.17) is 5.73 Å². The Morgan fingerprint density at radius 2 is 1.64 bits per heavy atom. The van der Waals surface area contributed by atoms with E-state index < -0.39 is 0 Å². The lowest BCUT2D eigenvalue weighted by Gasteiger charge is -2.24. The highest BCUT2D eigenvalue weighted by atomic mass is 16.3. The second-order valence-electron chi connectivity index (χ2n) is 3.90. The van der Waals surface area contributed by atoms with Crippen LogP contribution in [0, 0.1) is 0 Å². The van der Waals surface area contributed by atoms with Crippen LogP contribution in [0.1, 0.15) is 39.5 Å². The average Bonchev–Trinajstić information content (AvgIpc) is 2.21. The number of hydrogen-bond acceptors (Lipinski definition) is 3. The number of hydrogen-bond donors (Lipinski definition) is 2. The van der Waals surface area contributed by atoms with Gasteiger partial charge in [-0.1, -0.05) is 26.7 Å². The van der Waals surface area contributed by atoms with Gasteiger partial charge in [0.05, 0.1) is 6.10 Å². The third kappa shape index (κ3) is 7.30. The van der Waals surface area contributed by atoms with Crippen molar-refractivity contribution < 1.29 is 5.11 Å². The number of nitrogens with zero attached hydrogens (tertiary/aromatic N) is 1. The molecule has 0 rings (SSSR count). The van der Waals surface area contributed by atoms with Gasteiger partial charge in [0.25, 0.3) is 0 Å². The van der Waals surface area contributed by atoms with Crippen molar-refractivity contribution in [2.75, 3.05) is 26.2 Å². The molecule has 3 heteroatoms. The molecule has 14 heavy (non-hydrogen) atoms. The first-order valence-electron chi connectivity index (χ1n) is 5.85. The van der Waals surface area contributed by atoms with Gasteiger partial charge < -0.3 is 15.7 Å². The molecule has 3 N–H and O–H groups in total. The van der Waals surface area contributed by atoms with Crippen LogP contribution in [0.4, 0.5) is 0 Å². The molecule has 0 fully saturated rings. The normalized spacial score (nSPS) is 13.5. The summed E-state index contributed by atoms with van der Waals surface area (Å²) in [5.41, 5.74) is 5.40. The summed E-state index contributed by atoms with van der Waals surface area (Å²) in [4.78, 5) is 2.32. The molecular formula is C11H26N2O. The van der Waals surface area contributed by atoms with Gasteiger partial charge in [-0.2, -0.15) is 0 Å². The number of nitrogens with two attached hydrogens (primary N) is 1. The van der Waals surface area contributed by atoms with E-state index in [1.165, 1.54) is 25.7 Å². The standard InChI is InChI=1S/C11H26N2O/c1-3-5-7-13(8-6-4-2)10-11(14)9-12/h11,14H,3-10,12H2,1-2H3. The third-order valence-corrected chi connectivity index (χ3v) is 2.40. The molecule has 0 aromatic rings. The van der Waals surface area contributed by atoms with Crippen molar-refractivity contribution in [2.45, 2.75) is 45.6 Å². The Morgan fingerprint density at radius 1 is 1.14 bits per heavy atom. The zero-order valence-corrected chi connectivity index (χ0v) is 9.71. The fraction of sp³-hybridized carbons (Fsp3) is 1.00. The van der Waals surface area contributed by atoms with Crippen molar-refractivity contribution in [3.63, 3.8) is 0 Å². The van der Waals surface area contributed by atoms with Gasteiger partial charge in [0, 0.05) is 13.1 Å². The quantitative estimate of drug-likeness (QED) is 0.591. The fourth-order valence-electron chi connectivity index (χ4n) is 1.43. The second-order valence-corrected chi connectivity index (χ2v) is 3.90. The third-order valence-electron chi connectivity index (χ3n) is 2.40. The van der Waals surface area contributed by atoms with E-state index in [2.05, 4.69) is 18.7 Å². The SMILES string of the molecule is CCCCN(CCCC)CC(O)CN. The maximum Gasteiger partial charge on any atom is 0.0789 e. The topological polar surface area (TPSA) is 49.5 Å². The summed E-state index contributed by atoms with van der Waals surface area (Å²) in [6, 6.07) is 0. The Morgan fingerprint density at radius 3 is 2.00 bits per heavy atom. The number of unbranched alkanes of at least 4 members (excludes halogenated alkanes) is 2. The molecule has 0 aromatic heterocycles. The highest BCUT2D eigenvalue weighted by molar-refractivity contribution is 4.65. The van der Waals surface area contributed by atoms with E-state index in [1.54, 1.807) is 0 Å². The van der Waals surface area contributed by atoms with E-state index in [-0.39, 0.29) is 6.10 Å². The first-order valence-corrected chi connectivity index (χ1v) is 5.85. The van der Waals surface area contributed by atoms with Crippen LogP contribution < -0.4 is 5.73 Å².